The maximum absolute atomic E-state index is 11.8. The van der Waals surface area contributed by atoms with E-state index in [0.29, 0.717) is 6.42 Å². The summed E-state index contributed by atoms with van der Waals surface area (Å²) >= 11 is 0. The highest BCUT2D eigenvalue weighted by Crippen LogP contribution is 2.26. The maximum atomic E-state index is 11.8. The number of carbonyl (C=O) groups excluding carboxylic acids is 1. The van der Waals surface area contributed by atoms with Crippen LogP contribution in [0.2, 0.25) is 0 Å². The third kappa shape index (κ3) is 2.15. The Bertz CT molecular complexity index is 363. The quantitative estimate of drug-likeness (QED) is 0.788. The fourth-order valence-electron chi connectivity index (χ4n) is 2.18. The van der Waals surface area contributed by atoms with Gasteiger partial charge >= 0.3 is 0 Å². The van der Waals surface area contributed by atoms with Crippen LogP contribution in [0.25, 0.3) is 0 Å². The minimum atomic E-state index is -0.119. The molecule has 1 aliphatic rings. The van der Waals surface area contributed by atoms with Crippen LogP contribution in [0.1, 0.15) is 24.9 Å². The van der Waals surface area contributed by atoms with Crippen molar-refractivity contribution in [3.8, 4) is 0 Å². The standard InChI is InChI=1S/C13H17NO2/c1-9-12(8-15)14-11(7-13(9)16)10-5-3-2-4-6-10/h2-6,9,11-12,14-15H,7-8H2,1H3/t9-,11-,12-/m0/s1. The van der Waals surface area contributed by atoms with E-state index in [0.717, 1.165) is 5.56 Å². The minimum Gasteiger partial charge on any atom is -0.395 e. The monoisotopic (exact) mass is 219 g/mol. The van der Waals surface area contributed by atoms with Crippen LogP contribution in [0.15, 0.2) is 30.3 Å². The summed E-state index contributed by atoms with van der Waals surface area (Å²) in [6.07, 6.45) is 0.516. The molecule has 16 heavy (non-hydrogen) atoms. The Morgan fingerprint density at radius 3 is 2.69 bits per heavy atom. The van der Waals surface area contributed by atoms with Crippen molar-refractivity contribution >= 4 is 5.78 Å². The van der Waals surface area contributed by atoms with Gasteiger partial charge in [0.2, 0.25) is 0 Å². The molecule has 1 aromatic rings. The van der Waals surface area contributed by atoms with Gasteiger partial charge in [-0.1, -0.05) is 37.3 Å². The number of rotatable bonds is 2. The summed E-state index contributed by atoms with van der Waals surface area (Å²) in [5.74, 6) is 0.136. The number of nitrogens with one attached hydrogen (secondary N) is 1. The zero-order valence-corrected chi connectivity index (χ0v) is 9.39. The molecule has 0 aliphatic carbocycles. The largest absolute Gasteiger partial charge is 0.395 e. The highest BCUT2D eigenvalue weighted by Gasteiger charge is 2.33. The number of carbonyl (C=O) groups is 1. The molecule has 0 aromatic heterocycles. The van der Waals surface area contributed by atoms with Crippen LogP contribution in [0.3, 0.4) is 0 Å². The first-order chi connectivity index (χ1) is 7.72. The second-order valence-electron chi connectivity index (χ2n) is 4.38. The Labute approximate surface area is 95.5 Å². The van der Waals surface area contributed by atoms with Crippen LogP contribution in [-0.2, 0) is 4.79 Å². The molecule has 0 radical (unpaired) electrons. The van der Waals surface area contributed by atoms with E-state index in [1.54, 1.807) is 0 Å². The summed E-state index contributed by atoms with van der Waals surface area (Å²) in [5, 5.41) is 12.6. The number of Topliss-reactive ketones (excluding diaryl/α,β-unsaturated/α-hetero) is 1. The molecule has 1 heterocycles. The Morgan fingerprint density at radius 2 is 2.06 bits per heavy atom. The van der Waals surface area contributed by atoms with Gasteiger partial charge in [-0.05, 0) is 5.56 Å². The van der Waals surface area contributed by atoms with Crippen LogP contribution in [0, 0.1) is 5.92 Å². The topological polar surface area (TPSA) is 49.3 Å². The van der Waals surface area contributed by atoms with Crippen LogP contribution in [-0.4, -0.2) is 23.5 Å². The SMILES string of the molecule is C[C@@H]1C(=O)C[C@@H](c2ccccc2)N[C@H]1CO. The molecule has 0 saturated carbocycles. The fraction of sp³-hybridized carbons (Fsp3) is 0.462. The maximum Gasteiger partial charge on any atom is 0.139 e. The highest BCUT2D eigenvalue weighted by molar-refractivity contribution is 5.83. The van der Waals surface area contributed by atoms with E-state index < -0.39 is 0 Å². The Morgan fingerprint density at radius 1 is 1.38 bits per heavy atom. The van der Waals surface area contributed by atoms with E-state index in [1.807, 2.05) is 37.3 Å². The summed E-state index contributed by atoms with van der Waals surface area (Å²) in [6.45, 7) is 1.88. The van der Waals surface area contributed by atoms with Gasteiger partial charge < -0.3 is 10.4 Å². The number of aliphatic hydroxyl groups is 1. The molecule has 3 nitrogen and oxygen atoms in total. The summed E-state index contributed by atoms with van der Waals surface area (Å²) in [7, 11) is 0. The number of hydrogen-bond acceptors (Lipinski definition) is 3. The molecule has 0 amide bonds. The molecule has 1 fully saturated rings. The lowest BCUT2D eigenvalue weighted by atomic mass is 9.85. The van der Waals surface area contributed by atoms with Crippen LogP contribution in [0.4, 0.5) is 0 Å². The van der Waals surface area contributed by atoms with Crippen molar-refractivity contribution in [1.82, 2.24) is 5.32 Å². The molecule has 86 valence electrons. The highest BCUT2D eigenvalue weighted by atomic mass is 16.3. The van der Waals surface area contributed by atoms with E-state index in [2.05, 4.69) is 5.32 Å². The van der Waals surface area contributed by atoms with Gasteiger partial charge in [-0.3, -0.25) is 4.79 Å². The van der Waals surface area contributed by atoms with Crippen molar-refractivity contribution < 1.29 is 9.90 Å². The molecule has 1 aromatic carbocycles. The first kappa shape index (κ1) is 11.3. The van der Waals surface area contributed by atoms with Gasteiger partial charge in [0.1, 0.15) is 5.78 Å². The normalized spacial score (nSPS) is 30.4. The predicted octanol–water partition coefficient (Wildman–Crippen LogP) is 1.29. The number of hydrogen-bond donors (Lipinski definition) is 2. The van der Waals surface area contributed by atoms with E-state index in [-0.39, 0.29) is 30.4 Å². The van der Waals surface area contributed by atoms with E-state index >= 15 is 0 Å². The molecule has 2 rings (SSSR count). The molecular formula is C13H17NO2. The van der Waals surface area contributed by atoms with Gasteiger partial charge in [0.15, 0.2) is 0 Å². The van der Waals surface area contributed by atoms with Gasteiger partial charge in [-0.15, -0.1) is 0 Å². The Balaban J connectivity index is 2.16. The Kier molecular flexibility index (Phi) is 3.36. The van der Waals surface area contributed by atoms with Gasteiger partial charge in [0, 0.05) is 24.4 Å². The summed E-state index contributed by atoms with van der Waals surface area (Å²) in [4.78, 5) is 11.8. The zero-order chi connectivity index (χ0) is 11.5. The average molecular weight is 219 g/mol. The summed E-state index contributed by atoms with van der Waals surface area (Å²) in [6, 6.07) is 9.83. The first-order valence-electron chi connectivity index (χ1n) is 5.67. The molecule has 1 aliphatic heterocycles. The van der Waals surface area contributed by atoms with Crippen molar-refractivity contribution in [1.29, 1.82) is 0 Å². The van der Waals surface area contributed by atoms with Crippen molar-refractivity contribution in [2.75, 3.05) is 6.61 Å². The molecule has 2 N–H and O–H groups in total. The van der Waals surface area contributed by atoms with Gasteiger partial charge in [-0.25, -0.2) is 0 Å². The molecular weight excluding hydrogens is 202 g/mol. The number of benzene rings is 1. The molecule has 1 saturated heterocycles. The van der Waals surface area contributed by atoms with Gasteiger partial charge in [0.05, 0.1) is 6.61 Å². The molecule has 0 bridgehead atoms. The first-order valence-corrected chi connectivity index (χ1v) is 5.67. The fourth-order valence-corrected chi connectivity index (χ4v) is 2.18. The van der Waals surface area contributed by atoms with Gasteiger partial charge in [0.25, 0.3) is 0 Å². The van der Waals surface area contributed by atoms with Crippen LogP contribution < -0.4 is 5.32 Å². The van der Waals surface area contributed by atoms with Crippen molar-refractivity contribution in [3.63, 3.8) is 0 Å². The predicted molar refractivity (Wildman–Crippen MR) is 62.0 cm³/mol. The van der Waals surface area contributed by atoms with E-state index in [4.69, 9.17) is 0 Å². The second-order valence-corrected chi connectivity index (χ2v) is 4.38. The van der Waals surface area contributed by atoms with Crippen LogP contribution >= 0.6 is 0 Å². The van der Waals surface area contributed by atoms with Crippen LogP contribution in [0.5, 0.6) is 0 Å². The summed E-state index contributed by atoms with van der Waals surface area (Å²) < 4.78 is 0. The van der Waals surface area contributed by atoms with Crippen molar-refractivity contribution in [3.05, 3.63) is 35.9 Å². The third-order valence-corrected chi connectivity index (χ3v) is 3.33. The average Bonchev–Trinajstić information content (AvgIpc) is 2.33. The smallest absolute Gasteiger partial charge is 0.139 e. The Hall–Kier alpha value is -1.19. The lowest BCUT2D eigenvalue weighted by Crippen LogP contribution is -2.48. The van der Waals surface area contributed by atoms with Crippen molar-refractivity contribution in [2.45, 2.75) is 25.4 Å². The zero-order valence-electron chi connectivity index (χ0n) is 9.39. The molecule has 0 unspecified atom stereocenters. The number of aliphatic hydroxyl groups excluding tert-OH is 1. The number of ketones is 1. The lowest BCUT2D eigenvalue weighted by Gasteiger charge is -2.34. The summed E-state index contributed by atoms with van der Waals surface area (Å²) in [5.41, 5.74) is 1.11. The minimum absolute atomic E-state index is 0.0102. The van der Waals surface area contributed by atoms with E-state index in [9.17, 15) is 9.90 Å². The lowest BCUT2D eigenvalue weighted by molar-refractivity contribution is -0.126. The molecule has 3 atom stereocenters. The van der Waals surface area contributed by atoms with E-state index in [1.165, 1.54) is 0 Å². The molecule has 3 heteroatoms. The molecule has 0 spiro atoms. The van der Waals surface area contributed by atoms with Crippen molar-refractivity contribution in [2.24, 2.45) is 5.92 Å². The number of piperidine rings is 1. The van der Waals surface area contributed by atoms with Gasteiger partial charge in [-0.2, -0.15) is 0 Å². The third-order valence-electron chi connectivity index (χ3n) is 3.33. The second kappa shape index (κ2) is 4.76.